The van der Waals surface area contributed by atoms with E-state index in [0.717, 1.165) is 12.1 Å². The Morgan fingerprint density at radius 2 is 1.64 bits per heavy atom. The molecular weight excluding hydrogens is 436 g/mol. The zero-order valence-electron chi connectivity index (χ0n) is 12.8. The van der Waals surface area contributed by atoms with Crippen molar-refractivity contribution in [2.45, 2.75) is 9.79 Å². The number of nitrogens with one attached hydrogen (secondary N) is 1. The molecule has 0 bridgehead atoms. The van der Waals surface area contributed by atoms with Crippen molar-refractivity contribution in [3.05, 3.63) is 52.5 Å². The van der Waals surface area contributed by atoms with Crippen molar-refractivity contribution in [3.63, 3.8) is 0 Å². The molecule has 0 spiro atoms. The van der Waals surface area contributed by atoms with Crippen molar-refractivity contribution in [2.75, 3.05) is 7.11 Å². The van der Waals surface area contributed by atoms with Crippen LogP contribution in [-0.2, 0) is 20.0 Å². The van der Waals surface area contributed by atoms with E-state index in [9.17, 15) is 21.6 Å². The van der Waals surface area contributed by atoms with Crippen LogP contribution in [0.25, 0.3) is 0 Å². The van der Waals surface area contributed by atoms with E-state index in [1.807, 2.05) is 4.72 Å². The standard InChI is InChI=1S/C14H13BrN2O6S2/c1-23-11-6-7-12(13(8-11)24(16,19)20)25(21,22)17-14(18)9-2-4-10(15)5-3-9/h2-8H,1H3,(H,17,18)(H2,16,19,20). The molecule has 2 rings (SSSR count). The van der Waals surface area contributed by atoms with E-state index in [1.165, 1.54) is 25.3 Å². The Balaban J connectivity index is 2.46. The van der Waals surface area contributed by atoms with Gasteiger partial charge in [-0.15, -0.1) is 0 Å². The molecule has 8 nitrogen and oxygen atoms in total. The van der Waals surface area contributed by atoms with Crippen LogP contribution in [0.2, 0.25) is 0 Å². The summed E-state index contributed by atoms with van der Waals surface area (Å²) in [7, 11) is -7.57. The highest BCUT2D eigenvalue weighted by molar-refractivity contribution is 9.10. The van der Waals surface area contributed by atoms with Crippen molar-refractivity contribution in [3.8, 4) is 5.75 Å². The Morgan fingerprint density at radius 3 is 2.16 bits per heavy atom. The monoisotopic (exact) mass is 448 g/mol. The summed E-state index contributed by atoms with van der Waals surface area (Å²) >= 11 is 3.20. The highest BCUT2D eigenvalue weighted by Crippen LogP contribution is 2.25. The van der Waals surface area contributed by atoms with Crippen molar-refractivity contribution in [1.29, 1.82) is 0 Å². The predicted octanol–water partition coefficient (Wildman–Crippen LogP) is 1.22. The summed E-state index contributed by atoms with van der Waals surface area (Å²) in [4.78, 5) is 10.8. The predicted molar refractivity (Wildman–Crippen MR) is 93.2 cm³/mol. The van der Waals surface area contributed by atoms with Crippen LogP contribution in [0.3, 0.4) is 0 Å². The van der Waals surface area contributed by atoms with Crippen LogP contribution in [0.4, 0.5) is 0 Å². The number of rotatable bonds is 5. The molecule has 0 aromatic heterocycles. The summed E-state index contributed by atoms with van der Waals surface area (Å²) in [5.74, 6) is -0.814. The van der Waals surface area contributed by atoms with Gasteiger partial charge >= 0.3 is 0 Å². The van der Waals surface area contributed by atoms with Gasteiger partial charge in [0.05, 0.1) is 7.11 Å². The second-order valence-electron chi connectivity index (χ2n) is 4.80. The molecule has 0 radical (unpaired) electrons. The number of sulfonamides is 2. The lowest BCUT2D eigenvalue weighted by Crippen LogP contribution is -2.32. The molecule has 0 aliphatic rings. The number of carbonyl (C=O) groups is 1. The number of benzene rings is 2. The van der Waals surface area contributed by atoms with Gasteiger partial charge in [-0.25, -0.2) is 26.7 Å². The summed E-state index contributed by atoms with van der Waals surface area (Å²) in [5, 5.41) is 5.07. The van der Waals surface area contributed by atoms with Gasteiger partial charge in [-0.1, -0.05) is 15.9 Å². The quantitative estimate of drug-likeness (QED) is 0.706. The van der Waals surface area contributed by atoms with Gasteiger partial charge in [0.15, 0.2) is 0 Å². The van der Waals surface area contributed by atoms with E-state index in [4.69, 9.17) is 9.88 Å². The minimum atomic E-state index is -4.48. The maximum Gasteiger partial charge on any atom is 0.265 e. The van der Waals surface area contributed by atoms with E-state index < -0.39 is 35.7 Å². The van der Waals surface area contributed by atoms with Gasteiger partial charge in [0.2, 0.25) is 10.0 Å². The molecule has 0 aliphatic heterocycles. The fourth-order valence-corrected chi connectivity index (χ4v) is 4.51. The number of nitrogens with two attached hydrogens (primary N) is 1. The largest absolute Gasteiger partial charge is 0.497 e. The summed E-state index contributed by atoms with van der Waals surface area (Å²) < 4.78 is 55.7. The third-order valence-corrected chi connectivity index (χ3v) is 6.08. The van der Waals surface area contributed by atoms with Crippen LogP contribution in [0.1, 0.15) is 10.4 Å². The van der Waals surface area contributed by atoms with Crippen LogP contribution in [0, 0.1) is 0 Å². The lowest BCUT2D eigenvalue weighted by atomic mass is 10.2. The van der Waals surface area contributed by atoms with Crippen LogP contribution < -0.4 is 14.6 Å². The number of ether oxygens (including phenoxy) is 1. The summed E-state index contributed by atoms with van der Waals surface area (Å²) in [5.41, 5.74) is 0.0810. The second-order valence-corrected chi connectivity index (χ2v) is 8.90. The molecule has 0 unspecified atom stereocenters. The molecule has 0 saturated carbocycles. The van der Waals surface area contributed by atoms with Crippen molar-refractivity contribution >= 4 is 41.9 Å². The van der Waals surface area contributed by atoms with E-state index >= 15 is 0 Å². The van der Waals surface area contributed by atoms with E-state index in [0.29, 0.717) is 4.47 Å². The normalized spacial score (nSPS) is 11.8. The molecule has 25 heavy (non-hydrogen) atoms. The second kappa shape index (κ2) is 7.12. The topological polar surface area (TPSA) is 133 Å². The fourth-order valence-electron chi connectivity index (χ4n) is 1.90. The SMILES string of the molecule is COc1ccc(S(=O)(=O)NC(=O)c2ccc(Br)cc2)c(S(N)(=O)=O)c1. The fraction of sp³-hybridized carbons (Fsp3) is 0.0714. The molecular formula is C14H13BrN2O6S2. The molecule has 1 amide bonds. The van der Waals surface area contributed by atoms with Gasteiger partial charge in [0.25, 0.3) is 15.9 Å². The van der Waals surface area contributed by atoms with Crippen LogP contribution in [0.15, 0.2) is 56.7 Å². The Morgan fingerprint density at radius 1 is 1.04 bits per heavy atom. The molecule has 0 aliphatic carbocycles. The molecule has 0 atom stereocenters. The van der Waals surface area contributed by atoms with Gasteiger partial charge in [0.1, 0.15) is 15.5 Å². The first-order valence-corrected chi connectivity index (χ1v) is 10.4. The molecule has 3 N–H and O–H groups in total. The first kappa shape index (κ1) is 19.4. The van der Waals surface area contributed by atoms with Crippen LogP contribution in [0.5, 0.6) is 5.75 Å². The third kappa shape index (κ3) is 4.57. The molecule has 2 aromatic carbocycles. The summed E-state index contributed by atoms with van der Waals surface area (Å²) in [6.45, 7) is 0. The number of hydrogen-bond acceptors (Lipinski definition) is 6. The van der Waals surface area contributed by atoms with Gasteiger partial charge in [-0.2, -0.15) is 0 Å². The first-order chi connectivity index (χ1) is 11.5. The molecule has 2 aromatic rings. The number of amides is 1. The van der Waals surface area contributed by atoms with Crippen molar-refractivity contribution in [2.24, 2.45) is 5.14 Å². The number of carbonyl (C=O) groups excluding carboxylic acids is 1. The Kier molecular flexibility index (Phi) is 5.52. The number of methoxy groups -OCH3 is 1. The first-order valence-electron chi connectivity index (χ1n) is 6.58. The average molecular weight is 449 g/mol. The molecule has 0 fully saturated rings. The minimum Gasteiger partial charge on any atom is -0.497 e. The molecule has 0 heterocycles. The van der Waals surface area contributed by atoms with Gasteiger partial charge in [0, 0.05) is 16.1 Å². The molecule has 0 saturated heterocycles. The van der Waals surface area contributed by atoms with Crippen molar-refractivity contribution in [1.82, 2.24) is 4.72 Å². The number of primary sulfonamides is 1. The lowest BCUT2D eigenvalue weighted by Gasteiger charge is -2.12. The van der Waals surface area contributed by atoms with Crippen molar-refractivity contribution < 1.29 is 26.4 Å². The maximum atomic E-state index is 12.4. The van der Waals surface area contributed by atoms with Gasteiger partial charge < -0.3 is 4.74 Å². The highest BCUT2D eigenvalue weighted by Gasteiger charge is 2.27. The maximum absolute atomic E-state index is 12.4. The van der Waals surface area contributed by atoms with E-state index in [-0.39, 0.29) is 11.3 Å². The smallest absolute Gasteiger partial charge is 0.265 e. The number of halogens is 1. The van der Waals surface area contributed by atoms with Gasteiger partial charge in [-0.3, -0.25) is 4.79 Å². The Bertz CT molecular complexity index is 1020. The Labute approximate surface area is 153 Å². The summed E-state index contributed by atoms with van der Waals surface area (Å²) in [6.07, 6.45) is 0. The lowest BCUT2D eigenvalue weighted by molar-refractivity contribution is 0.0981. The van der Waals surface area contributed by atoms with E-state index in [2.05, 4.69) is 15.9 Å². The molecule has 11 heteroatoms. The van der Waals surface area contributed by atoms with E-state index in [1.54, 1.807) is 12.1 Å². The average Bonchev–Trinajstić information content (AvgIpc) is 2.53. The minimum absolute atomic E-state index is 0.0810. The highest BCUT2D eigenvalue weighted by atomic mass is 79.9. The zero-order chi connectivity index (χ0) is 18.8. The summed E-state index contributed by atoms with van der Waals surface area (Å²) in [6, 6.07) is 9.14. The molecule has 134 valence electrons. The van der Waals surface area contributed by atoms with Gasteiger partial charge in [-0.05, 0) is 36.4 Å². The zero-order valence-corrected chi connectivity index (χ0v) is 16.0. The Hall–Kier alpha value is -1.95. The third-order valence-electron chi connectivity index (χ3n) is 3.08. The number of hydrogen-bond donors (Lipinski definition) is 2. The van der Waals surface area contributed by atoms with Crippen LogP contribution in [-0.4, -0.2) is 29.9 Å². The van der Waals surface area contributed by atoms with Crippen LogP contribution >= 0.6 is 15.9 Å².